The molecule has 1 fully saturated rings. The topological polar surface area (TPSA) is 37.3 Å². The summed E-state index contributed by atoms with van der Waals surface area (Å²) in [6.07, 6.45) is 8.68. The van der Waals surface area contributed by atoms with Gasteiger partial charge in [0, 0.05) is 0 Å². The first kappa shape index (κ1) is 7.84. The number of carbonyl (C=O) groups is 1. The Balaban J connectivity index is 2.19. The number of carboxylic acids is 1. The minimum Gasteiger partial charge on any atom is -0.481 e. The Labute approximate surface area is 72.3 Å². The molecule has 0 aliphatic heterocycles. The summed E-state index contributed by atoms with van der Waals surface area (Å²) in [7, 11) is 0. The second-order valence-electron chi connectivity index (χ2n) is 3.92. The second-order valence-corrected chi connectivity index (χ2v) is 3.92. The largest absolute Gasteiger partial charge is 0.481 e. The standard InChI is InChI=1S/C10H14O2/c11-10(12)9-6-7-2-1-3-8(9)5-4-7/h4-5,7-9H,1-3,6H2,(H,11,12). The van der Waals surface area contributed by atoms with Crippen LogP contribution >= 0.6 is 0 Å². The van der Waals surface area contributed by atoms with E-state index >= 15 is 0 Å². The van der Waals surface area contributed by atoms with E-state index in [1.54, 1.807) is 0 Å². The average Bonchev–Trinajstić information content (AvgIpc) is 2.36. The van der Waals surface area contributed by atoms with Crippen LogP contribution in [0.1, 0.15) is 25.7 Å². The molecule has 2 bridgehead atoms. The number of allylic oxidation sites excluding steroid dienone is 2. The average molecular weight is 166 g/mol. The summed E-state index contributed by atoms with van der Waals surface area (Å²) in [6.45, 7) is 0. The van der Waals surface area contributed by atoms with Gasteiger partial charge in [-0.2, -0.15) is 0 Å². The molecule has 3 aliphatic carbocycles. The van der Waals surface area contributed by atoms with Gasteiger partial charge >= 0.3 is 5.97 Å². The Kier molecular flexibility index (Phi) is 1.91. The van der Waals surface area contributed by atoms with Gasteiger partial charge in [-0.25, -0.2) is 0 Å². The maximum atomic E-state index is 10.9. The van der Waals surface area contributed by atoms with Gasteiger partial charge in [-0.3, -0.25) is 4.79 Å². The zero-order valence-electron chi connectivity index (χ0n) is 7.07. The lowest BCUT2D eigenvalue weighted by Crippen LogP contribution is -2.25. The summed E-state index contributed by atoms with van der Waals surface area (Å²) in [4.78, 5) is 10.9. The number of carboxylic acid groups (broad SMARTS) is 1. The molecule has 3 rings (SSSR count). The normalized spacial score (nSPS) is 39.5. The van der Waals surface area contributed by atoms with Crippen LogP contribution < -0.4 is 0 Å². The van der Waals surface area contributed by atoms with Crippen LogP contribution in [0.25, 0.3) is 0 Å². The van der Waals surface area contributed by atoms with Gasteiger partial charge in [0.25, 0.3) is 0 Å². The molecule has 0 amide bonds. The van der Waals surface area contributed by atoms with Crippen LogP contribution in [0.5, 0.6) is 0 Å². The van der Waals surface area contributed by atoms with E-state index in [1.807, 2.05) is 0 Å². The molecule has 3 aliphatic rings. The Morgan fingerprint density at radius 1 is 1.33 bits per heavy atom. The van der Waals surface area contributed by atoms with Crippen molar-refractivity contribution in [2.45, 2.75) is 25.7 Å². The summed E-state index contributed by atoms with van der Waals surface area (Å²) in [6, 6.07) is 0. The van der Waals surface area contributed by atoms with Crippen molar-refractivity contribution in [1.82, 2.24) is 0 Å². The first-order chi connectivity index (χ1) is 5.77. The highest BCUT2D eigenvalue weighted by Crippen LogP contribution is 2.38. The fourth-order valence-electron chi connectivity index (χ4n) is 2.42. The van der Waals surface area contributed by atoms with Crippen molar-refractivity contribution in [2.24, 2.45) is 17.8 Å². The van der Waals surface area contributed by atoms with Crippen molar-refractivity contribution in [2.75, 3.05) is 0 Å². The predicted molar refractivity (Wildman–Crippen MR) is 45.7 cm³/mol. The summed E-state index contributed by atoms with van der Waals surface area (Å²) >= 11 is 0. The third-order valence-corrected chi connectivity index (χ3v) is 3.13. The molecule has 0 radical (unpaired) electrons. The van der Waals surface area contributed by atoms with Gasteiger partial charge < -0.3 is 5.11 Å². The predicted octanol–water partition coefficient (Wildman–Crippen LogP) is 2.06. The fraction of sp³-hybridized carbons (Fsp3) is 0.700. The summed E-state index contributed by atoms with van der Waals surface area (Å²) in [5.74, 6) is 0.171. The molecule has 0 saturated heterocycles. The minimum absolute atomic E-state index is 0.0949. The molecular weight excluding hydrogens is 152 g/mol. The van der Waals surface area contributed by atoms with Gasteiger partial charge in [0.05, 0.1) is 5.92 Å². The van der Waals surface area contributed by atoms with Crippen molar-refractivity contribution < 1.29 is 9.90 Å². The lowest BCUT2D eigenvalue weighted by Gasteiger charge is -2.24. The van der Waals surface area contributed by atoms with E-state index in [0.29, 0.717) is 11.8 Å². The van der Waals surface area contributed by atoms with Crippen molar-refractivity contribution in [3.8, 4) is 0 Å². The van der Waals surface area contributed by atoms with Gasteiger partial charge in [-0.05, 0) is 31.1 Å². The van der Waals surface area contributed by atoms with Crippen LogP contribution in [0.4, 0.5) is 0 Å². The fourth-order valence-corrected chi connectivity index (χ4v) is 2.42. The third-order valence-electron chi connectivity index (χ3n) is 3.13. The number of aliphatic carboxylic acids is 1. The van der Waals surface area contributed by atoms with Crippen molar-refractivity contribution >= 4 is 5.97 Å². The van der Waals surface area contributed by atoms with Crippen molar-refractivity contribution in [3.63, 3.8) is 0 Å². The molecule has 0 aromatic rings. The maximum absolute atomic E-state index is 10.9. The molecule has 12 heavy (non-hydrogen) atoms. The zero-order valence-corrected chi connectivity index (χ0v) is 7.07. The molecule has 66 valence electrons. The highest BCUT2D eigenvalue weighted by Gasteiger charge is 2.33. The van der Waals surface area contributed by atoms with Gasteiger partial charge in [-0.1, -0.05) is 18.6 Å². The number of hydrogen-bond acceptors (Lipinski definition) is 1. The number of hydrogen-bond donors (Lipinski definition) is 1. The molecule has 2 nitrogen and oxygen atoms in total. The minimum atomic E-state index is -0.601. The van der Waals surface area contributed by atoms with Gasteiger partial charge in [0.15, 0.2) is 0 Å². The van der Waals surface area contributed by atoms with Crippen LogP contribution in [0.2, 0.25) is 0 Å². The van der Waals surface area contributed by atoms with E-state index in [-0.39, 0.29) is 5.92 Å². The Morgan fingerprint density at radius 3 is 2.92 bits per heavy atom. The van der Waals surface area contributed by atoms with Crippen LogP contribution in [0, 0.1) is 17.8 Å². The smallest absolute Gasteiger partial charge is 0.307 e. The second kappa shape index (κ2) is 2.92. The molecule has 1 N–H and O–H groups in total. The first-order valence-corrected chi connectivity index (χ1v) is 4.68. The lowest BCUT2D eigenvalue weighted by molar-refractivity contribution is -0.143. The van der Waals surface area contributed by atoms with Crippen LogP contribution in [-0.2, 0) is 4.79 Å². The van der Waals surface area contributed by atoms with Gasteiger partial charge in [-0.15, -0.1) is 0 Å². The van der Waals surface area contributed by atoms with Crippen LogP contribution in [-0.4, -0.2) is 11.1 Å². The van der Waals surface area contributed by atoms with Gasteiger partial charge in [0.1, 0.15) is 0 Å². The molecular formula is C10H14O2. The van der Waals surface area contributed by atoms with Crippen molar-refractivity contribution in [1.29, 1.82) is 0 Å². The monoisotopic (exact) mass is 166 g/mol. The summed E-state index contributed by atoms with van der Waals surface area (Å²) in [5, 5.41) is 8.95. The Morgan fingerprint density at radius 2 is 2.17 bits per heavy atom. The van der Waals surface area contributed by atoms with Crippen LogP contribution in [0.15, 0.2) is 12.2 Å². The van der Waals surface area contributed by atoms with E-state index in [0.717, 1.165) is 12.8 Å². The number of rotatable bonds is 1. The van der Waals surface area contributed by atoms with E-state index in [2.05, 4.69) is 12.2 Å². The van der Waals surface area contributed by atoms with E-state index < -0.39 is 5.97 Å². The first-order valence-electron chi connectivity index (χ1n) is 4.68. The summed E-state index contributed by atoms with van der Waals surface area (Å²) < 4.78 is 0. The quantitative estimate of drug-likeness (QED) is 0.605. The highest BCUT2D eigenvalue weighted by molar-refractivity contribution is 5.71. The molecule has 0 spiro atoms. The molecule has 2 heteroatoms. The highest BCUT2D eigenvalue weighted by atomic mass is 16.4. The maximum Gasteiger partial charge on any atom is 0.307 e. The molecule has 3 atom stereocenters. The molecule has 0 heterocycles. The zero-order chi connectivity index (χ0) is 8.55. The summed E-state index contributed by atoms with van der Waals surface area (Å²) in [5.41, 5.74) is 0. The molecule has 0 aromatic carbocycles. The van der Waals surface area contributed by atoms with Gasteiger partial charge in [0.2, 0.25) is 0 Å². The Bertz CT molecular complexity index is 220. The number of fused-ring (bicyclic) bond motifs is 3. The van der Waals surface area contributed by atoms with Crippen LogP contribution in [0.3, 0.4) is 0 Å². The molecule has 1 saturated carbocycles. The molecule has 3 unspecified atom stereocenters. The third kappa shape index (κ3) is 1.26. The SMILES string of the molecule is O=C(O)C1CC2C=CC1CCC2. The lowest BCUT2D eigenvalue weighted by atomic mass is 9.81. The van der Waals surface area contributed by atoms with E-state index in [4.69, 9.17) is 5.11 Å². The Hall–Kier alpha value is -0.790. The van der Waals surface area contributed by atoms with Crippen molar-refractivity contribution in [3.05, 3.63) is 12.2 Å². The van der Waals surface area contributed by atoms with E-state index in [9.17, 15) is 4.79 Å². The molecule has 0 aromatic heterocycles. The van der Waals surface area contributed by atoms with E-state index in [1.165, 1.54) is 12.8 Å².